The van der Waals surface area contributed by atoms with Crippen LogP contribution in [0.1, 0.15) is 52.4 Å². The van der Waals surface area contributed by atoms with E-state index in [0.717, 1.165) is 77.0 Å². The molecule has 0 N–H and O–H groups in total. The van der Waals surface area contributed by atoms with Gasteiger partial charge >= 0.3 is 0 Å². The highest BCUT2D eigenvalue weighted by Crippen LogP contribution is 2.29. The minimum absolute atomic E-state index is 0.844. The maximum absolute atomic E-state index is 6.44. The summed E-state index contributed by atoms with van der Waals surface area (Å²) in [6.07, 6.45) is 6.51. The predicted octanol–water partition coefficient (Wildman–Crippen LogP) is 5.32. The van der Waals surface area contributed by atoms with E-state index in [1.165, 1.54) is 0 Å². The van der Waals surface area contributed by atoms with E-state index in [9.17, 15) is 0 Å². The van der Waals surface area contributed by atoms with Gasteiger partial charge in [0.1, 0.15) is 0 Å². The van der Waals surface area contributed by atoms with Crippen molar-refractivity contribution < 1.29 is 9.47 Å². The molecule has 0 saturated carbocycles. The largest absolute Gasteiger partial charge is 0.381 e. The van der Waals surface area contributed by atoms with Crippen LogP contribution < -0.4 is 0 Å². The van der Waals surface area contributed by atoms with E-state index in [1.54, 1.807) is 0 Å². The third-order valence-corrected chi connectivity index (χ3v) is 7.30. The zero-order chi connectivity index (χ0) is 14.4. The van der Waals surface area contributed by atoms with Gasteiger partial charge < -0.3 is 9.47 Å². The van der Waals surface area contributed by atoms with Crippen molar-refractivity contribution in [3.63, 3.8) is 0 Å². The quantitative estimate of drug-likeness (QED) is 0.244. The molecule has 116 valence electrons. The molecule has 0 radical (unpaired) electrons. The van der Waals surface area contributed by atoms with Crippen LogP contribution in [0, 0.1) is 0 Å². The Labute approximate surface area is 129 Å². The average molecular weight is 329 g/mol. The Kier molecular flexibility index (Phi) is 14.2. The Morgan fingerprint density at radius 2 is 1.11 bits per heavy atom. The molecule has 5 heteroatoms. The van der Waals surface area contributed by atoms with Crippen molar-refractivity contribution in [1.29, 1.82) is 0 Å². The number of unbranched alkanes of at least 4 members (excludes halogenated alkanes) is 2. The normalized spacial score (nSPS) is 12.0. The molecule has 19 heavy (non-hydrogen) atoms. The lowest BCUT2D eigenvalue weighted by molar-refractivity contribution is 0.131. The lowest BCUT2D eigenvalue weighted by Crippen LogP contribution is -2.18. The number of hydrogen-bond donors (Lipinski definition) is 0. The summed E-state index contributed by atoms with van der Waals surface area (Å²) in [5.74, 6) is 0. The fourth-order valence-electron chi connectivity index (χ4n) is 1.79. The van der Waals surface area contributed by atoms with Gasteiger partial charge in [0.15, 0.2) is 0 Å². The standard InChI is InChI=1S/C14H30Cl2O2Si/c1-3-9-17-11-5-7-13-19(15,16)14-8-6-12-18-10-4-2/h3-14H2,1-2H3. The molecule has 0 bridgehead atoms. The summed E-state index contributed by atoms with van der Waals surface area (Å²) in [5, 5.41) is 0. The van der Waals surface area contributed by atoms with Crippen molar-refractivity contribution in [2.45, 2.75) is 64.5 Å². The van der Waals surface area contributed by atoms with E-state index < -0.39 is 6.69 Å². The van der Waals surface area contributed by atoms with E-state index in [2.05, 4.69) is 13.8 Å². The molecule has 0 aromatic carbocycles. The van der Waals surface area contributed by atoms with Crippen LogP contribution in [0.3, 0.4) is 0 Å². The van der Waals surface area contributed by atoms with E-state index in [4.69, 9.17) is 31.6 Å². The maximum atomic E-state index is 6.44. The molecule has 0 aromatic rings. The molecule has 2 nitrogen and oxygen atoms in total. The molecule has 0 atom stereocenters. The van der Waals surface area contributed by atoms with Crippen LogP contribution in [-0.2, 0) is 9.47 Å². The summed E-state index contributed by atoms with van der Waals surface area (Å²) in [5.41, 5.74) is 0. The topological polar surface area (TPSA) is 18.5 Å². The van der Waals surface area contributed by atoms with Gasteiger partial charge in [-0.3, -0.25) is 0 Å². The lowest BCUT2D eigenvalue weighted by Gasteiger charge is -2.16. The van der Waals surface area contributed by atoms with Gasteiger partial charge in [0, 0.05) is 26.4 Å². The Balaban J connectivity index is 3.36. The first-order valence-corrected chi connectivity index (χ1v) is 12.1. The van der Waals surface area contributed by atoms with Gasteiger partial charge in [-0.2, -0.15) is 0 Å². The maximum Gasteiger partial charge on any atom is 0.251 e. The molecule has 0 spiro atoms. The fourth-order valence-corrected chi connectivity index (χ4v) is 5.18. The monoisotopic (exact) mass is 328 g/mol. The highest BCUT2D eigenvalue weighted by atomic mass is 35.7. The van der Waals surface area contributed by atoms with Crippen LogP contribution in [0.2, 0.25) is 12.1 Å². The van der Waals surface area contributed by atoms with Crippen LogP contribution in [0.5, 0.6) is 0 Å². The minimum Gasteiger partial charge on any atom is -0.381 e. The molecular weight excluding hydrogens is 299 g/mol. The molecule has 0 aromatic heterocycles. The zero-order valence-corrected chi connectivity index (χ0v) is 15.1. The average Bonchev–Trinajstić information content (AvgIpc) is 2.38. The Hall–Kier alpha value is 0.717. The summed E-state index contributed by atoms with van der Waals surface area (Å²) < 4.78 is 10.9. The summed E-state index contributed by atoms with van der Waals surface area (Å²) >= 11 is 12.9. The van der Waals surface area contributed by atoms with Crippen molar-refractivity contribution in [3.8, 4) is 0 Å². The van der Waals surface area contributed by atoms with Gasteiger partial charge in [-0.1, -0.05) is 26.7 Å². The van der Waals surface area contributed by atoms with Crippen molar-refractivity contribution >= 4 is 28.9 Å². The van der Waals surface area contributed by atoms with Crippen LogP contribution in [0.4, 0.5) is 0 Å². The second kappa shape index (κ2) is 13.7. The Morgan fingerprint density at radius 1 is 0.684 bits per heavy atom. The number of hydrogen-bond acceptors (Lipinski definition) is 2. The van der Waals surface area contributed by atoms with Gasteiger partial charge in [0.25, 0.3) is 6.69 Å². The number of ether oxygens (including phenoxy) is 2. The van der Waals surface area contributed by atoms with Crippen LogP contribution in [-0.4, -0.2) is 33.1 Å². The van der Waals surface area contributed by atoms with Crippen LogP contribution in [0.25, 0.3) is 0 Å². The second-order valence-electron chi connectivity index (χ2n) is 4.99. The first-order valence-electron chi connectivity index (χ1n) is 7.65. The number of rotatable bonds is 14. The van der Waals surface area contributed by atoms with Crippen LogP contribution >= 0.6 is 22.2 Å². The molecule has 0 aliphatic heterocycles. The molecule has 0 fully saturated rings. The molecule has 0 aliphatic carbocycles. The SMILES string of the molecule is CCCOCCCC[Si](Cl)(Cl)CCCCOCCC. The van der Waals surface area contributed by atoms with Gasteiger partial charge in [0.2, 0.25) is 0 Å². The summed E-state index contributed by atoms with van der Waals surface area (Å²) in [6, 6.07) is 1.98. The van der Waals surface area contributed by atoms with E-state index in [0.29, 0.717) is 0 Å². The van der Waals surface area contributed by atoms with Crippen molar-refractivity contribution in [1.82, 2.24) is 0 Å². The highest BCUT2D eigenvalue weighted by molar-refractivity contribution is 7.45. The lowest BCUT2D eigenvalue weighted by atomic mass is 10.3. The molecule has 0 unspecified atom stereocenters. The van der Waals surface area contributed by atoms with E-state index >= 15 is 0 Å². The Bertz CT molecular complexity index is 174. The first-order chi connectivity index (χ1) is 9.12. The molecule has 0 amide bonds. The molecule has 0 heterocycles. The van der Waals surface area contributed by atoms with E-state index in [1.807, 2.05) is 0 Å². The third kappa shape index (κ3) is 14.9. The zero-order valence-electron chi connectivity index (χ0n) is 12.6. The van der Waals surface area contributed by atoms with Gasteiger partial charge in [-0.25, -0.2) is 0 Å². The van der Waals surface area contributed by atoms with Crippen molar-refractivity contribution in [2.75, 3.05) is 26.4 Å². The van der Waals surface area contributed by atoms with E-state index in [-0.39, 0.29) is 0 Å². The highest BCUT2D eigenvalue weighted by Gasteiger charge is 2.26. The Morgan fingerprint density at radius 3 is 1.47 bits per heavy atom. The third-order valence-electron chi connectivity index (χ3n) is 2.86. The molecule has 0 saturated heterocycles. The van der Waals surface area contributed by atoms with Gasteiger partial charge in [-0.05, 0) is 37.8 Å². The fraction of sp³-hybridized carbons (Fsp3) is 1.00. The number of halogens is 2. The second-order valence-corrected chi connectivity index (χ2v) is 12.6. The van der Waals surface area contributed by atoms with Crippen LogP contribution in [0.15, 0.2) is 0 Å². The molecule has 0 rings (SSSR count). The minimum atomic E-state index is -2.01. The first kappa shape index (κ1) is 19.7. The van der Waals surface area contributed by atoms with Crippen molar-refractivity contribution in [2.24, 2.45) is 0 Å². The summed E-state index contributed by atoms with van der Waals surface area (Å²) in [6.45, 7) is 5.66. The summed E-state index contributed by atoms with van der Waals surface area (Å²) in [7, 11) is 0. The molecular formula is C14H30Cl2O2Si. The summed E-state index contributed by atoms with van der Waals surface area (Å²) in [4.78, 5) is 0. The van der Waals surface area contributed by atoms with Crippen molar-refractivity contribution in [3.05, 3.63) is 0 Å². The molecule has 0 aliphatic rings. The van der Waals surface area contributed by atoms with Gasteiger partial charge in [0.05, 0.1) is 0 Å². The predicted molar refractivity (Wildman–Crippen MR) is 87.8 cm³/mol. The van der Waals surface area contributed by atoms with Gasteiger partial charge in [-0.15, -0.1) is 22.2 Å². The smallest absolute Gasteiger partial charge is 0.251 e.